The molecule has 0 fully saturated rings. The van der Waals surface area contributed by atoms with E-state index >= 15 is 0 Å². The van der Waals surface area contributed by atoms with Crippen LogP contribution in [-0.4, -0.2) is 16.1 Å². The molecule has 0 amide bonds. The summed E-state index contributed by atoms with van der Waals surface area (Å²) in [6.07, 6.45) is 0. The molecule has 0 unspecified atom stereocenters. The van der Waals surface area contributed by atoms with E-state index in [1.54, 1.807) is 5.19 Å². The Balaban J connectivity index is 1.09. The van der Waals surface area contributed by atoms with Gasteiger partial charge in [0.2, 0.25) is 0 Å². The van der Waals surface area contributed by atoms with Crippen LogP contribution in [-0.2, 0) is 0 Å². The van der Waals surface area contributed by atoms with Crippen LogP contribution in [0, 0.1) is 0 Å². The SMILES string of the molecule is C[Si]1(C)c2ccccc2-c2ccc(-c3ccc(N(c4cccc(-c5cccc6ccccc56)c4)c4ccc5c(c4)[Si](C)(C)c4ccccc4-5)cc3)cc21. The van der Waals surface area contributed by atoms with E-state index in [-0.39, 0.29) is 0 Å². The highest BCUT2D eigenvalue weighted by Gasteiger charge is 2.38. The number of hydrogen-bond acceptors (Lipinski definition) is 1. The van der Waals surface area contributed by atoms with E-state index in [1.807, 2.05) is 0 Å². The quantitative estimate of drug-likeness (QED) is 0.161. The zero-order chi connectivity index (χ0) is 35.9. The number of rotatable bonds is 5. The van der Waals surface area contributed by atoms with Gasteiger partial charge in [0.05, 0.1) is 0 Å². The maximum Gasteiger partial charge on any atom is 0.113 e. The van der Waals surface area contributed by atoms with Crippen molar-refractivity contribution >= 4 is 64.7 Å². The van der Waals surface area contributed by atoms with E-state index in [9.17, 15) is 0 Å². The van der Waals surface area contributed by atoms with Gasteiger partial charge in [-0.2, -0.15) is 0 Å². The van der Waals surface area contributed by atoms with Gasteiger partial charge in [-0.15, -0.1) is 0 Å². The van der Waals surface area contributed by atoms with Gasteiger partial charge in [0.25, 0.3) is 0 Å². The van der Waals surface area contributed by atoms with Crippen LogP contribution in [0.4, 0.5) is 17.1 Å². The van der Waals surface area contributed by atoms with E-state index in [4.69, 9.17) is 0 Å². The second kappa shape index (κ2) is 11.9. The standard InChI is InChI=1S/C50H41NSi2/c1-52(2)47-21-9-7-18-43(47)45-29-25-36(32-49(45)52)34-23-26-38(27-24-34)51(40-28-30-46-44-19-8-10-22-48(44)53(3,4)50(46)33-40)39-16-11-15-37(31-39)42-20-12-14-35-13-5-6-17-41(35)42/h5-33H,1-4H3. The number of fused-ring (bicyclic) bond motifs is 7. The molecule has 2 aliphatic rings. The van der Waals surface area contributed by atoms with Gasteiger partial charge in [-0.25, -0.2) is 0 Å². The third-order valence-corrected chi connectivity index (χ3v) is 19.2. The first-order valence-electron chi connectivity index (χ1n) is 18.8. The highest BCUT2D eigenvalue weighted by molar-refractivity contribution is 7.04. The molecule has 0 aliphatic carbocycles. The minimum atomic E-state index is -1.88. The van der Waals surface area contributed by atoms with Gasteiger partial charge in [-0.3, -0.25) is 0 Å². The fourth-order valence-electron chi connectivity index (χ4n) is 9.26. The molecule has 0 saturated carbocycles. The molecular weight excluding hydrogens is 671 g/mol. The molecule has 0 N–H and O–H groups in total. The molecule has 0 atom stereocenters. The van der Waals surface area contributed by atoms with Gasteiger partial charge in [0.15, 0.2) is 0 Å². The maximum absolute atomic E-state index is 2.50. The third-order valence-electron chi connectivity index (χ3n) is 12.1. The lowest BCUT2D eigenvalue weighted by Crippen LogP contribution is -2.49. The van der Waals surface area contributed by atoms with Crippen LogP contribution >= 0.6 is 0 Å². The van der Waals surface area contributed by atoms with Crippen LogP contribution in [0.15, 0.2) is 176 Å². The predicted molar refractivity (Wildman–Crippen MR) is 234 cm³/mol. The number of hydrogen-bond donors (Lipinski definition) is 0. The summed E-state index contributed by atoms with van der Waals surface area (Å²) in [5.74, 6) is 0. The molecule has 0 saturated heterocycles. The van der Waals surface area contributed by atoms with Crippen LogP contribution < -0.4 is 25.6 Å². The Labute approximate surface area is 314 Å². The topological polar surface area (TPSA) is 3.24 Å². The first-order chi connectivity index (χ1) is 25.8. The molecule has 2 aliphatic heterocycles. The second-order valence-corrected chi connectivity index (χ2v) is 24.4. The van der Waals surface area contributed by atoms with E-state index in [0.717, 1.165) is 11.4 Å². The molecule has 0 spiro atoms. The smallest absolute Gasteiger partial charge is 0.113 e. The summed E-state index contributed by atoms with van der Waals surface area (Å²) in [6, 6.07) is 66.1. The molecule has 3 heteroatoms. The fraction of sp³-hybridized carbons (Fsp3) is 0.0800. The summed E-state index contributed by atoms with van der Waals surface area (Å²) in [5, 5.41) is 8.66. The minimum Gasteiger partial charge on any atom is -0.310 e. The summed E-state index contributed by atoms with van der Waals surface area (Å²) >= 11 is 0. The Hall–Kier alpha value is -5.75. The van der Waals surface area contributed by atoms with Gasteiger partial charge >= 0.3 is 0 Å². The van der Waals surface area contributed by atoms with Gasteiger partial charge < -0.3 is 4.90 Å². The number of nitrogens with zero attached hydrogens (tertiary/aromatic N) is 1. The summed E-state index contributed by atoms with van der Waals surface area (Å²) in [5.41, 5.74) is 14.2. The van der Waals surface area contributed by atoms with Crippen molar-refractivity contribution in [2.75, 3.05) is 4.90 Å². The normalized spacial score (nSPS) is 14.3. The van der Waals surface area contributed by atoms with Crippen molar-refractivity contribution in [2.24, 2.45) is 0 Å². The number of anilines is 3. The van der Waals surface area contributed by atoms with Crippen molar-refractivity contribution < 1.29 is 0 Å². The molecule has 53 heavy (non-hydrogen) atoms. The Morgan fingerprint density at radius 1 is 0.321 bits per heavy atom. The highest BCUT2D eigenvalue weighted by atomic mass is 28.3. The molecular formula is C50H41NSi2. The Kier molecular flexibility index (Phi) is 7.17. The van der Waals surface area contributed by atoms with Crippen LogP contribution in [0.25, 0.3) is 55.3 Å². The van der Waals surface area contributed by atoms with Crippen LogP contribution in [0.5, 0.6) is 0 Å². The predicted octanol–water partition coefficient (Wildman–Crippen LogP) is 11.2. The zero-order valence-electron chi connectivity index (χ0n) is 30.7. The van der Waals surface area contributed by atoms with Gasteiger partial charge in [-0.1, -0.05) is 166 Å². The van der Waals surface area contributed by atoms with E-state index in [2.05, 4.69) is 207 Å². The van der Waals surface area contributed by atoms with Gasteiger partial charge in [0, 0.05) is 17.1 Å². The van der Waals surface area contributed by atoms with E-state index < -0.39 is 16.1 Å². The van der Waals surface area contributed by atoms with Crippen LogP contribution in [0.1, 0.15) is 0 Å². The largest absolute Gasteiger partial charge is 0.310 e. The molecule has 0 aromatic heterocycles. The third kappa shape index (κ3) is 4.95. The summed E-state index contributed by atoms with van der Waals surface area (Å²) < 4.78 is 0. The van der Waals surface area contributed by atoms with Crippen molar-refractivity contribution in [2.45, 2.75) is 26.2 Å². The first-order valence-corrected chi connectivity index (χ1v) is 24.8. The second-order valence-electron chi connectivity index (χ2n) is 15.8. The Morgan fingerprint density at radius 3 is 1.57 bits per heavy atom. The maximum atomic E-state index is 2.50. The molecule has 2 heterocycles. The molecule has 254 valence electrons. The molecule has 8 aromatic rings. The highest BCUT2D eigenvalue weighted by Crippen LogP contribution is 2.41. The molecule has 0 radical (unpaired) electrons. The summed E-state index contributed by atoms with van der Waals surface area (Å²) in [4.78, 5) is 2.46. The van der Waals surface area contributed by atoms with E-state index in [1.165, 1.54) is 76.5 Å². The van der Waals surface area contributed by atoms with Gasteiger partial charge in [-0.05, 0) is 112 Å². The summed E-state index contributed by atoms with van der Waals surface area (Å²) in [7, 11) is -3.64. The lowest BCUT2D eigenvalue weighted by Gasteiger charge is -2.28. The monoisotopic (exact) mass is 711 g/mol. The Bertz CT molecular complexity index is 2730. The first kappa shape index (κ1) is 31.9. The molecule has 1 nitrogen and oxygen atoms in total. The zero-order valence-corrected chi connectivity index (χ0v) is 32.7. The van der Waals surface area contributed by atoms with Gasteiger partial charge in [0.1, 0.15) is 16.1 Å². The van der Waals surface area contributed by atoms with Crippen LogP contribution in [0.3, 0.4) is 0 Å². The van der Waals surface area contributed by atoms with Crippen molar-refractivity contribution in [1.82, 2.24) is 0 Å². The molecule has 10 rings (SSSR count). The average molecular weight is 712 g/mol. The average Bonchev–Trinajstić information content (AvgIpc) is 3.57. The van der Waals surface area contributed by atoms with E-state index in [0.29, 0.717) is 0 Å². The van der Waals surface area contributed by atoms with Crippen molar-refractivity contribution in [3.8, 4) is 44.5 Å². The van der Waals surface area contributed by atoms with Crippen molar-refractivity contribution in [1.29, 1.82) is 0 Å². The fourth-order valence-corrected chi connectivity index (χ4v) is 15.5. The summed E-state index contributed by atoms with van der Waals surface area (Å²) in [6.45, 7) is 9.99. The minimum absolute atomic E-state index is 1.15. The van der Waals surface area contributed by atoms with Crippen molar-refractivity contribution in [3.63, 3.8) is 0 Å². The number of benzene rings is 8. The van der Waals surface area contributed by atoms with Crippen molar-refractivity contribution in [3.05, 3.63) is 176 Å². The molecule has 0 bridgehead atoms. The van der Waals surface area contributed by atoms with Crippen LogP contribution in [0.2, 0.25) is 26.2 Å². The Morgan fingerprint density at radius 2 is 0.830 bits per heavy atom. The lowest BCUT2D eigenvalue weighted by atomic mass is 9.97. The molecule has 8 aromatic carbocycles. The lowest BCUT2D eigenvalue weighted by molar-refractivity contribution is 1.29.